The summed E-state index contributed by atoms with van der Waals surface area (Å²) >= 11 is 19.3. The summed E-state index contributed by atoms with van der Waals surface area (Å²) in [4.78, 5) is 17.0. The smallest absolute Gasteiger partial charge is 0.250 e. The van der Waals surface area contributed by atoms with Gasteiger partial charge in [-0.15, -0.1) is 0 Å². The minimum atomic E-state index is -0.239. The normalized spacial score (nSPS) is 11.3. The predicted octanol–water partition coefficient (Wildman–Crippen LogP) is 6.29. The molecule has 1 heterocycles. The number of fused-ring (bicyclic) bond motifs is 1. The Kier molecular flexibility index (Phi) is 7.37. The number of thioether (sulfide) groups is 1. The molecule has 0 radical (unpaired) electrons. The van der Waals surface area contributed by atoms with Crippen molar-refractivity contribution in [3.05, 3.63) is 92.9 Å². The van der Waals surface area contributed by atoms with Crippen LogP contribution in [0.1, 0.15) is 11.1 Å². The van der Waals surface area contributed by atoms with Crippen LogP contribution in [0.4, 0.5) is 0 Å². The van der Waals surface area contributed by atoms with Gasteiger partial charge in [0.15, 0.2) is 5.16 Å². The standard InChI is InChI=1S/C23H17Cl3N4OS/c24-17-8-5-15(6-9-17)13-30-21-4-2-1-3-20(21)28-23(30)32-14-22(31)29-27-12-16-7-10-18(25)19(26)11-16/h1-12H,13-14H2,(H,29,31). The van der Waals surface area contributed by atoms with Crippen LogP contribution < -0.4 is 5.43 Å². The van der Waals surface area contributed by atoms with E-state index in [1.807, 2.05) is 48.5 Å². The molecule has 0 aliphatic rings. The number of rotatable bonds is 7. The zero-order chi connectivity index (χ0) is 22.5. The van der Waals surface area contributed by atoms with Gasteiger partial charge >= 0.3 is 0 Å². The molecular formula is C23H17Cl3N4OS. The van der Waals surface area contributed by atoms with E-state index in [9.17, 15) is 4.79 Å². The fourth-order valence-electron chi connectivity index (χ4n) is 3.02. The summed E-state index contributed by atoms with van der Waals surface area (Å²) in [6, 6.07) is 20.7. The van der Waals surface area contributed by atoms with Crippen molar-refractivity contribution in [3.63, 3.8) is 0 Å². The molecule has 32 heavy (non-hydrogen) atoms. The molecule has 0 atom stereocenters. The van der Waals surface area contributed by atoms with Gasteiger partial charge in [-0.1, -0.05) is 76.9 Å². The zero-order valence-electron chi connectivity index (χ0n) is 16.6. The van der Waals surface area contributed by atoms with Gasteiger partial charge in [0.25, 0.3) is 5.91 Å². The van der Waals surface area contributed by atoms with Crippen molar-refractivity contribution in [2.45, 2.75) is 11.7 Å². The highest BCUT2D eigenvalue weighted by Crippen LogP contribution is 2.26. The van der Waals surface area contributed by atoms with Crippen LogP contribution in [0.25, 0.3) is 11.0 Å². The molecule has 4 aromatic rings. The number of halogens is 3. The SMILES string of the molecule is O=C(CSc1nc2ccccc2n1Cc1ccc(Cl)cc1)NN=Cc1ccc(Cl)c(Cl)c1. The van der Waals surface area contributed by atoms with Gasteiger partial charge in [0.2, 0.25) is 0 Å². The summed E-state index contributed by atoms with van der Waals surface area (Å²) in [5.41, 5.74) is 6.23. The lowest BCUT2D eigenvalue weighted by Gasteiger charge is -2.09. The fourth-order valence-corrected chi connectivity index (χ4v) is 4.26. The molecule has 162 valence electrons. The van der Waals surface area contributed by atoms with E-state index in [2.05, 4.69) is 15.1 Å². The molecule has 5 nitrogen and oxygen atoms in total. The highest BCUT2D eigenvalue weighted by atomic mass is 35.5. The summed E-state index contributed by atoms with van der Waals surface area (Å²) < 4.78 is 2.09. The molecule has 0 aliphatic heterocycles. The van der Waals surface area contributed by atoms with Crippen LogP contribution in [0.15, 0.2) is 77.0 Å². The summed E-state index contributed by atoms with van der Waals surface area (Å²) in [6.07, 6.45) is 1.51. The van der Waals surface area contributed by atoms with Crippen LogP contribution in [-0.2, 0) is 11.3 Å². The van der Waals surface area contributed by atoms with E-state index < -0.39 is 0 Å². The first-order valence-electron chi connectivity index (χ1n) is 9.59. The molecule has 3 aromatic carbocycles. The van der Waals surface area contributed by atoms with Crippen LogP contribution in [0.3, 0.4) is 0 Å². The van der Waals surface area contributed by atoms with Crippen molar-refractivity contribution in [2.75, 3.05) is 5.75 Å². The van der Waals surface area contributed by atoms with E-state index in [4.69, 9.17) is 39.8 Å². The van der Waals surface area contributed by atoms with Crippen LogP contribution in [0.5, 0.6) is 0 Å². The van der Waals surface area contributed by atoms with Crippen molar-refractivity contribution >= 4 is 69.7 Å². The number of carbonyl (C=O) groups is 1. The molecule has 4 rings (SSSR count). The van der Waals surface area contributed by atoms with Gasteiger partial charge in [-0.3, -0.25) is 4.79 Å². The molecule has 9 heteroatoms. The van der Waals surface area contributed by atoms with Gasteiger partial charge in [-0.2, -0.15) is 5.10 Å². The number of imidazole rings is 1. The molecule has 0 saturated carbocycles. The summed E-state index contributed by atoms with van der Waals surface area (Å²) in [6.45, 7) is 0.622. The van der Waals surface area contributed by atoms with E-state index in [1.54, 1.807) is 18.2 Å². The second-order valence-corrected chi connectivity index (χ2v) is 9.04. The Labute approximate surface area is 204 Å². The van der Waals surface area contributed by atoms with Crippen LogP contribution >= 0.6 is 46.6 Å². The summed E-state index contributed by atoms with van der Waals surface area (Å²) in [7, 11) is 0. The van der Waals surface area contributed by atoms with Gasteiger partial charge in [0.05, 0.1) is 39.6 Å². The maximum Gasteiger partial charge on any atom is 0.250 e. The van der Waals surface area contributed by atoms with Gasteiger partial charge in [0.1, 0.15) is 0 Å². The van der Waals surface area contributed by atoms with Crippen molar-refractivity contribution < 1.29 is 4.79 Å². The lowest BCUT2D eigenvalue weighted by atomic mass is 10.2. The number of hydrogen-bond donors (Lipinski definition) is 1. The minimum absolute atomic E-state index is 0.169. The van der Waals surface area contributed by atoms with Gasteiger partial charge in [-0.25, -0.2) is 10.4 Å². The number of carbonyl (C=O) groups excluding carboxylic acids is 1. The Balaban J connectivity index is 1.44. The Bertz CT molecular complexity index is 1290. The molecule has 0 bridgehead atoms. The third-order valence-corrected chi connectivity index (χ3v) is 6.52. The predicted molar refractivity (Wildman–Crippen MR) is 133 cm³/mol. The third-order valence-electron chi connectivity index (χ3n) is 4.55. The number of hydrazone groups is 1. The Morgan fingerprint density at radius 1 is 1.03 bits per heavy atom. The van der Waals surface area contributed by atoms with E-state index >= 15 is 0 Å². The Morgan fingerprint density at radius 2 is 1.81 bits per heavy atom. The highest BCUT2D eigenvalue weighted by molar-refractivity contribution is 7.99. The molecular weight excluding hydrogens is 487 g/mol. The van der Waals surface area contributed by atoms with E-state index in [0.29, 0.717) is 21.6 Å². The average molecular weight is 504 g/mol. The largest absolute Gasteiger partial charge is 0.314 e. The van der Waals surface area contributed by atoms with E-state index in [1.165, 1.54) is 18.0 Å². The van der Waals surface area contributed by atoms with Gasteiger partial charge in [-0.05, 0) is 47.5 Å². The monoisotopic (exact) mass is 502 g/mol. The third kappa shape index (κ3) is 5.64. The molecule has 1 aromatic heterocycles. The topological polar surface area (TPSA) is 59.3 Å². The van der Waals surface area contributed by atoms with Crippen LogP contribution in [-0.4, -0.2) is 27.4 Å². The number of nitrogens with one attached hydrogen (secondary N) is 1. The molecule has 0 unspecified atom stereocenters. The number of hydrogen-bond acceptors (Lipinski definition) is 4. The lowest BCUT2D eigenvalue weighted by Crippen LogP contribution is -2.20. The summed E-state index contributed by atoms with van der Waals surface area (Å²) in [5, 5.41) is 6.32. The van der Waals surface area contributed by atoms with E-state index in [-0.39, 0.29) is 11.7 Å². The quantitative estimate of drug-likeness (QED) is 0.183. The molecule has 1 amide bonds. The first kappa shape index (κ1) is 22.7. The first-order valence-corrected chi connectivity index (χ1v) is 11.7. The molecule has 0 aliphatic carbocycles. The Morgan fingerprint density at radius 3 is 2.59 bits per heavy atom. The molecule has 0 saturated heterocycles. The number of nitrogens with zero attached hydrogens (tertiary/aromatic N) is 3. The van der Waals surface area contributed by atoms with Crippen molar-refractivity contribution in [1.29, 1.82) is 0 Å². The van der Waals surface area contributed by atoms with Crippen molar-refractivity contribution in [3.8, 4) is 0 Å². The zero-order valence-corrected chi connectivity index (χ0v) is 19.7. The number of para-hydroxylation sites is 2. The van der Waals surface area contributed by atoms with Crippen molar-refractivity contribution in [1.82, 2.24) is 15.0 Å². The number of aromatic nitrogens is 2. The first-order chi connectivity index (χ1) is 15.5. The maximum atomic E-state index is 12.3. The molecule has 0 fully saturated rings. The molecule has 1 N–H and O–H groups in total. The minimum Gasteiger partial charge on any atom is -0.314 e. The highest BCUT2D eigenvalue weighted by Gasteiger charge is 2.13. The van der Waals surface area contributed by atoms with E-state index in [0.717, 1.165) is 27.3 Å². The summed E-state index contributed by atoms with van der Waals surface area (Å²) in [5.74, 6) is -0.0701. The van der Waals surface area contributed by atoms with Gasteiger partial charge in [0, 0.05) is 5.02 Å². The average Bonchev–Trinajstić information content (AvgIpc) is 3.14. The second-order valence-electron chi connectivity index (χ2n) is 6.85. The number of amides is 1. The maximum absolute atomic E-state index is 12.3. The van der Waals surface area contributed by atoms with Crippen LogP contribution in [0.2, 0.25) is 15.1 Å². The lowest BCUT2D eigenvalue weighted by molar-refractivity contribution is -0.118. The second kappa shape index (κ2) is 10.4. The van der Waals surface area contributed by atoms with Crippen LogP contribution in [0, 0.1) is 0 Å². The number of benzene rings is 3. The molecule has 0 spiro atoms. The van der Waals surface area contributed by atoms with Crippen molar-refractivity contribution in [2.24, 2.45) is 5.10 Å². The van der Waals surface area contributed by atoms with Gasteiger partial charge < -0.3 is 4.57 Å². The fraction of sp³-hybridized carbons (Fsp3) is 0.0870. The Hall–Kier alpha value is -2.51.